The highest BCUT2D eigenvalue weighted by molar-refractivity contribution is 5.92. The summed E-state index contributed by atoms with van der Waals surface area (Å²) in [7, 11) is 1.62. The number of carbonyl (C=O) groups excluding carboxylic acids is 1. The van der Waals surface area contributed by atoms with Gasteiger partial charge in [-0.2, -0.15) is 0 Å². The van der Waals surface area contributed by atoms with E-state index < -0.39 is 0 Å². The Balaban J connectivity index is 1.56. The summed E-state index contributed by atoms with van der Waals surface area (Å²) in [5, 5.41) is 6.01. The Bertz CT molecular complexity index is 893. The van der Waals surface area contributed by atoms with E-state index >= 15 is 0 Å². The van der Waals surface area contributed by atoms with Crippen molar-refractivity contribution in [3.63, 3.8) is 0 Å². The van der Waals surface area contributed by atoms with Gasteiger partial charge in [-0.05, 0) is 36.2 Å². The molecular weight excluding hydrogens is 340 g/mol. The molecule has 138 valence electrons. The second-order valence-corrected chi connectivity index (χ2v) is 6.14. The molecule has 0 aliphatic rings. The number of benzene rings is 2. The number of amides is 1. The minimum Gasteiger partial charge on any atom is -0.497 e. The lowest BCUT2D eigenvalue weighted by molar-refractivity contribution is 0.0946. The summed E-state index contributed by atoms with van der Waals surface area (Å²) in [5.41, 5.74) is 3.64. The molecule has 0 bridgehead atoms. The van der Waals surface area contributed by atoms with E-state index in [-0.39, 0.29) is 5.91 Å². The fourth-order valence-corrected chi connectivity index (χ4v) is 2.47. The highest BCUT2D eigenvalue weighted by atomic mass is 16.5. The van der Waals surface area contributed by atoms with Crippen molar-refractivity contribution in [1.29, 1.82) is 0 Å². The molecule has 6 heteroatoms. The molecule has 0 saturated carbocycles. The average Bonchev–Trinajstić information content (AvgIpc) is 2.72. The zero-order chi connectivity index (χ0) is 19.1. The van der Waals surface area contributed by atoms with Crippen molar-refractivity contribution in [1.82, 2.24) is 15.3 Å². The molecule has 3 aromatic rings. The Morgan fingerprint density at radius 3 is 2.33 bits per heavy atom. The number of carbonyl (C=O) groups is 1. The molecule has 6 nitrogen and oxygen atoms in total. The van der Waals surface area contributed by atoms with Crippen molar-refractivity contribution < 1.29 is 9.53 Å². The highest BCUT2D eigenvalue weighted by Gasteiger charge is 2.09. The van der Waals surface area contributed by atoms with Gasteiger partial charge in [-0.3, -0.25) is 4.79 Å². The SMILES string of the molecule is COc1ccc(CNC(=O)c2ccnc(NCc3ccc(C)cc3)n2)cc1. The number of anilines is 1. The molecule has 0 aliphatic heterocycles. The van der Waals surface area contributed by atoms with Gasteiger partial charge in [0.05, 0.1) is 7.11 Å². The van der Waals surface area contributed by atoms with Gasteiger partial charge in [-0.25, -0.2) is 9.97 Å². The molecule has 0 radical (unpaired) electrons. The van der Waals surface area contributed by atoms with E-state index in [0.717, 1.165) is 16.9 Å². The number of methoxy groups -OCH3 is 1. The molecule has 27 heavy (non-hydrogen) atoms. The van der Waals surface area contributed by atoms with Gasteiger partial charge in [0.15, 0.2) is 0 Å². The number of hydrogen-bond donors (Lipinski definition) is 2. The van der Waals surface area contributed by atoms with Crippen LogP contribution >= 0.6 is 0 Å². The van der Waals surface area contributed by atoms with Crippen molar-refractivity contribution in [3.8, 4) is 5.75 Å². The lowest BCUT2D eigenvalue weighted by Crippen LogP contribution is -2.24. The molecule has 3 rings (SSSR count). The Morgan fingerprint density at radius 2 is 1.63 bits per heavy atom. The molecule has 1 heterocycles. The number of nitrogens with one attached hydrogen (secondary N) is 2. The van der Waals surface area contributed by atoms with Crippen LogP contribution in [0.3, 0.4) is 0 Å². The van der Waals surface area contributed by atoms with E-state index in [1.54, 1.807) is 19.4 Å². The Labute approximate surface area is 158 Å². The zero-order valence-corrected chi connectivity index (χ0v) is 15.4. The standard InChI is InChI=1S/C21H22N4O2/c1-15-3-5-16(6-4-15)14-24-21-22-12-11-19(25-21)20(26)23-13-17-7-9-18(27-2)10-8-17/h3-12H,13-14H2,1-2H3,(H,23,26)(H,22,24,25). The van der Waals surface area contributed by atoms with E-state index in [4.69, 9.17) is 4.74 Å². The van der Waals surface area contributed by atoms with Crippen molar-refractivity contribution >= 4 is 11.9 Å². The zero-order valence-electron chi connectivity index (χ0n) is 15.4. The minimum absolute atomic E-state index is 0.244. The molecule has 1 amide bonds. The summed E-state index contributed by atoms with van der Waals surface area (Å²) in [6, 6.07) is 17.4. The predicted octanol–water partition coefficient (Wildman–Crippen LogP) is 3.34. The van der Waals surface area contributed by atoms with Crippen LogP contribution in [0.2, 0.25) is 0 Å². The molecule has 0 aliphatic carbocycles. The van der Waals surface area contributed by atoms with Crippen LogP contribution in [0.1, 0.15) is 27.2 Å². The van der Waals surface area contributed by atoms with E-state index in [2.05, 4.69) is 32.7 Å². The van der Waals surface area contributed by atoms with Crippen molar-refractivity contribution in [2.75, 3.05) is 12.4 Å². The smallest absolute Gasteiger partial charge is 0.270 e. The quantitative estimate of drug-likeness (QED) is 0.674. The van der Waals surface area contributed by atoms with Gasteiger partial charge in [-0.15, -0.1) is 0 Å². The largest absolute Gasteiger partial charge is 0.497 e. The third-order valence-electron chi connectivity index (χ3n) is 4.07. The molecule has 2 aromatic carbocycles. The third kappa shape index (κ3) is 5.28. The van der Waals surface area contributed by atoms with Crippen LogP contribution in [-0.4, -0.2) is 23.0 Å². The normalized spacial score (nSPS) is 10.3. The number of rotatable bonds is 7. The first-order valence-corrected chi connectivity index (χ1v) is 8.67. The van der Waals surface area contributed by atoms with Crippen molar-refractivity contribution in [2.24, 2.45) is 0 Å². The fourth-order valence-electron chi connectivity index (χ4n) is 2.47. The third-order valence-corrected chi connectivity index (χ3v) is 4.07. The topological polar surface area (TPSA) is 76.1 Å². The summed E-state index contributed by atoms with van der Waals surface area (Å²) >= 11 is 0. The van der Waals surface area contributed by atoms with E-state index in [9.17, 15) is 4.79 Å². The summed E-state index contributed by atoms with van der Waals surface area (Å²) in [4.78, 5) is 20.8. The maximum atomic E-state index is 12.4. The summed E-state index contributed by atoms with van der Waals surface area (Å²) in [5.74, 6) is 0.962. The van der Waals surface area contributed by atoms with Crippen LogP contribution in [0.25, 0.3) is 0 Å². The lowest BCUT2D eigenvalue weighted by atomic mass is 10.1. The first-order chi connectivity index (χ1) is 13.1. The predicted molar refractivity (Wildman–Crippen MR) is 105 cm³/mol. The van der Waals surface area contributed by atoms with Gasteiger partial charge in [0.1, 0.15) is 11.4 Å². The van der Waals surface area contributed by atoms with Crippen molar-refractivity contribution in [2.45, 2.75) is 20.0 Å². The van der Waals surface area contributed by atoms with Crippen LogP contribution in [-0.2, 0) is 13.1 Å². The van der Waals surface area contributed by atoms with Gasteiger partial charge in [-0.1, -0.05) is 42.0 Å². The summed E-state index contributed by atoms with van der Waals surface area (Å²) < 4.78 is 5.13. The van der Waals surface area contributed by atoms with Gasteiger partial charge >= 0.3 is 0 Å². The fraction of sp³-hybridized carbons (Fsp3) is 0.190. The minimum atomic E-state index is -0.244. The Kier molecular flexibility index (Phi) is 5.99. The molecule has 0 unspecified atom stereocenters. The van der Waals surface area contributed by atoms with Crippen LogP contribution in [0.15, 0.2) is 60.8 Å². The van der Waals surface area contributed by atoms with Gasteiger partial charge in [0.2, 0.25) is 5.95 Å². The molecule has 0 saturated heterocycles. The highest BCUT2D eigenvalue weighted by Crippen LogP contribution is 2.11. The Morgan fingerprint density at radius 1 is 0.963 bits per heavy atom. The number of hydrogen-bond acceptors (Lipinski definition) is 5. The monoisotopic (exact) mass is 362 g/mol. The second-order valence-electron chi connectivity index (χ2n) is 6.14. The molecule has 2 N–H and O–H groups in total. The van der Waals surface area contributed by atoms with Crippen LogP contribution in [0.4, 0.5) is 5.95 Å². The van der Waals surface area contributed by atoms with Gasteiger partial charge in [0, 0.05) is 19.3 Å². The average molecular weight is 362 g/mol. The van der Waals surface area contributed by atoms with Crippen LogP contribution in [0.5, 0.6) is 5.75 Å². The maximum Gasteiger partial charge on any atom is 0.270 e. The number of ether oxygens (including phenoxy) is 1. The Hall–Kier alpha value is -3.41. The lowest BCUT2D eigenvalue weighted by Gasteiger charge is -2.08. The molecule has 1 aromatic heterocycles. The second kappa shape index (κ2) is 8.80. The van der Waals surface area contributed by atoms with Gasteiger partial charge in [0.25, 0.3) is 5.91 Å². The van der Waals surface area contributed by atoms with Crippen LogP contribution in [0, 0.1) is 6.92 Å². The van der Waals surface area contributed by atoms with E-state index in [1.165, 1.54) is 5.56 Å². The number of aromatic nitrogens is 2. The van der Waals surface area contributed by atoms with E-state index in [1.807, 2.05) is 43.3 Å². The molecule has 0 spiro atoms. The van der Waals surface area contributed by atoms with E-state index in [0.29, 0.717) is 24.7 Å². The molecular formula is C21H22N4O2. The summed E-state index contributed by atoms with van der Waals surface area (Å²) in [6.07, 6.45) is 1.58. The molecule has 0 fully saturated rings. The first-order valence-electron chi connectivity index (χ1n) is 8.67. The van der Waals surface area contributed by atoms with Gasteiger partial charge < -0.3 is 15.4 Å². The summed E-state index contributed by atoms with van der Waals surface area (Å²) in [6.45, 7) is 3.06. The number of aryl methyl sites for hydroxylation is 1. The first kappa shape index (κ1) is 18.4. The number of nitrogens with zero attached hydrogens (tertiary/aromatic N) is 2. The van der Waals surface area contributed by atoms with Crippen molar-refractivity contribution in [3.05, 3.63) is 83.2 Å². The van der Waals surface area contributed by atoms with Crippen LogP contribution < -0.4 is 15.4 Å². The molecule has 0 atom stereocenters. The maximum absolute atomic E-state index is 12.4.